The smallest absolute Gasteiger partial charge is 0.160 e. The van der Waals surface area contributed by atoms with Crippen molar-refractivity contribution in [2.24, 2.45) is 5.92 Å². The monoisotopic (exact) mass is 250 g/mol. The second-order valence-electron chi connectivity index (χ2n) is 4.38. The molecular weight excluding hydrogens is 232 g/mol. The molecule has 98 valence electrons. The van der Waals surface area contributed by atoms with Crippen molar-refractivity contribution in [3.63, 3.8) is 0 Å². The summed E-state index contributed by atoms with van der Waals surface area (Å²) in [5.41, 5.74) is 1.07. The number of ether oxygens (including phenoxy) is 3. The van der Waals surface area contributed by atoms with Gasteiger partial charge in [0.05, 0.1) is 27.4 Å². The van der Waals surface area contributed by atoms with Gasteiger partial charge in [-0.25, -0.2) is 0 Å². The normalized spacial score (nSPS) is 19.7. The third kappa shape index (κ3) is 2.82. The number of benzene rings is 1. The lowest BCUT2D eigenvalue weighted by Gasteiger charge is -2.21. The molecule has 1 atom stereocenters. The predicted molar refractivity (Wildman–Crippen MR) is 67.2 cm³/mol. The molecule has 1 aromatic rings. The number of Topliss-reactive ketones (excluding diaryl/α,β-unsaturated/α-hetero) is 1. The molecule has 0 radical (unpaired) electrons. The SMILES string of the molecule is COc1ccc(CC2COCCC2=O)cc1OC. The van der Waals surface area contributed by atoms with Gasteiger partial charge < -0.3 is 14.2 Å². The predicted octanol–water partition coefficient (Wildman–Crippen LogP) is 1.85. The molecule has 18 heavy (non-hydrogen) atoms. The van der Waals surface area contributed by atoms with E-state index in [0.29, 0.717) is 37.6 Å². The molecule has 0 saturated carbocycles. The molecule has 0 spiro atoms. The first-order valence-electron chi connectivity index (χ1n) is 6.06. The van der Waals surface area contributed by atoms with Gasteiger partial charge in [-0.15, -0.1) is 0 Å². The van der Waals surface area contributed by atoms with Gasteiger partial charge in [0, 0.05) is 12.3 Å². The van der Waals surface area contributed by atoms with E-state index in [1.54, 1.807) is 14.2 Å². The fourth-order valence-electron chi connectivity index (χ4n) is 2.16. The molecule has 1 aliphatic heterocycles. The van der Waals surface area contributed by atoms with E-state index in [0.717, 1.165) is 5.56 Å². The molecule has 1 saturated heterocycles. The third-order valence-electron chi connectivity index (χ3n) is 3.20. The molecule has 4 heteroatoms. The van der Waals surface area contributed by atoms with Gasteiger partial charge in [-0.1, -0.05) is 6.07 Å². The summed E-state index contributed by atoms with van der Waals surface area (Å²) in [7, 11) is 3.21. The van der Waals surface area contributed by atoms with Crippen molar-refractivity contribution in [3.8, 4) is 11.5 Å². The van der Waals surface area contributed by atoms with E-state index in [-0.39, 0.29) is 11.7 Å². The summed E-state index contributed by atoms with van der Waals surface area (Å²) < 4.78 is 15.8. The second-order valence-corrected chi connectivity index (χ2v) is 4.38. The Balaban J connectivity index is 2.11. The average Bonchev–Trinajstić information content (AvgIpc) is 2.41. The summed E-state index contributed by atoms with van der Waals surface area (Å²) in [5, 5.41) is 0. The standard InChI is InChI=1S/C14H18O4/c1-16-13-4-3-10(8-14(13)17-2)7-11-9-18-6-5-12(11)15/h3-4,8,11H,5-7,9H2,1-2H3. The first-order valence-corrected chi connectivity index (χ1v) is 6.06. The minimum Gasteiger partial charge on any atom is -0.493 e. The quantitative estimate of drug-likeness (QED) is 0.818. The lowest BCUT2D eigenvalue weighted by atomic mass is 9.93. The van der Waals surface area contributed by atoms with Crippen molar-refractivity contribution < 1.29 is 19.0 Å². The van der Waals surface area contributed by atoms with Gasteiger partial charge in [-0.2, -0.15) is 0 Å². The first kappa shape index (κ1) is 12.9. The Kier molecular flexibility index (Phi) is 4.20. The van der Waals surface area contributed by atoms with Crippen LogP contribution in [-0.4, -0.2) is 33.2 Å². The van der Waals surface area contributed by atoms with Crippen LogP contribution in [0.1, 0.15) is 12.0 Å². The van der Waals surface area contributed by atoms with E-state index in [1.165, 1.54) is 0 Å². The molecule has 2 rings (SSSR count). The van der Waals surface area contributed by atoms with E-state index in [9.17, 15) is 4.79 Å². The van der Waals surface area contributed by atoms with E-state index < -0.39 is 0 Å². The Morgan fingerprint density at radius 2 is 2.06 bits per heavy atom. The van der Waals surface area contributed by atoms with Gasteiger partial charge in [-0.05, 0) is 24.1 Å². The van der Waals surface area contributed by atoms with Crippen LogP contribution >= 0.6 is 0 Å². The van der Waals surface area contributed by atoms with Gasteiger partial charge in [0.2, 0.25) is 0 Å². The van der Waals surface area contributed by atoms with Crippen LogP contribution in [0.5, 0.6) is 11.5 Å². The minimum absolute atomic E-state index is 0.0307. The summed E-state index contributed by atoms with van der Waals surface area (Å²) in [6.45, 7) is 1.08. The summed E-state index contributed by atoms with van der Waals surface area (Å²) in [6.07, 6.45) is 1.22. The van der Waals surface area contributed by atoms with Crippen LogP contribution in [0.2, 0.25) is 0 Å². The fraction of sp³-hybridized carbons (Fsp3) is 0.500. The van der Waals surface area contributed by atoms with Gasteiger partial charge >= 0.3 is 0 Å². The summed E-state index contributed by atoms with van der Waals surface area (Å²) in [6, 6.07) is 5.74. The van der Waals surface area contributed by atoms with Gasteiger partial charge in [0.25, 0.3) is 0 Å². The van der Waals surface area contributed by atoms with E-state index in [2.05, 4.69) is 0 Å². The van der Waals surface area contributed by atoms with Gasteiger partial charge in [0.1, 0.15) is 5.78 Å². The zero-order valence-electron chi connectivity index (χ0n) is 10.8. The Morgan fingerprint density at radius 1 is 1.28 bits per heavy atom. The van der Waals surface area contributed by atoms with Crippen molar-refractivity contribution in [3.05, 3.63) is 23.8 Å². The zero-order chi connectivity index (χ0) is 13.0. The topological polar surface area (TPSA) is 44.8 Å². The molecule has 1 heterocycles. The van der Waals surface area contributed by atoms with Crippen LogP contribution in [-0.2, 0) is 16.0 Å². The molecule has 0 aliphatic carbocycles. The van der Waals surface area contributed by atoms with Crippen LogP contribution in [0.4, 0.5) is 0 Å². The highest BCUT2D eigenvalue weighted by molar-refractivity contribution is 5.82. The maximum Gasteiger partial charge on any atom is 0.160 e. The maximum absolute atomic E-state index is 11.7. The van der Waals surface area contributed by atoms with E-state index in [4.69, 9.17) is 14.2 Å². The molecule has 1 unspecified atom stereocenters. The molecule has 1 aromatic carbocycles. The Hall–Kier alpha value is -1.55. The highest BCUT2D eigenvalue weighted by Crippen LogP contribution is 2.29. The Labute approximate surface area is 107 Å². The van der Waals surface area contributed by atoms with Crippen LogP contribution in [0.15, 0.2) is 18.2 Å². The molecule has 1 fully saturated rings. The summed E-state index contributed by atoms with van der Waals surface area (Å²) in [4.78, 5) is 11.7. The van der Waals surface area contributed by atoms with Gasteiger partial charge in [0.15, 0.2) is 11.5 Å². The average molecular weight is 250 g/mol. The van der Waals surface area contributed by atoms with Crippen molar-refractivity contribution in [2.45, 2.75) is 12.8 Å². The Bertz CT molecular complexity index is 428. The number of methoxy groups -OCH3 is 2. The fourth-order valence-corrected chi connectivity index (χ4v) is 2.16. The van der Waals surface area contributed by atoms with Crippen molar-refractivity contribution in [1.82, 2.24) is 0 Å². The molecule has 0 aromatic heterocycles. The van der Waals surface area contributed by atoms with Crippen LogP contribution in [0.25, 0.3) is 0 Å². The number of ketones is 1. The molecular formula is C14H18O4. The molecule has 0 amide bonds. The Morgan fingerprint density at radius 3 is 2.72 bits per heavy atom. The lowest BCUT2D eigenvalue weighted by molar-refractivity contribution is -0.130. The molecule has 1 aliphatic rings. The summed E-state index contributed by atoms with van der Waals surface area (Å²) >= 11 is 0. The number of rotatable bonds is 4. The second kappa shape index (κ2) is 5.87. The van der Waals surface area contributed by atoms with E-state index >= 15 is 0 Å². The maximum atomic E-state index is 11.7. The molecule has 0 N–H and O–H groups in total. The third-order valence-corrected chi connectivity index (χ3v) is 3.20. The number of hydrogen-bond acceptors (Lipinski definition) is 4. The van der Waals surface area contributed by atoms with Crippen LogP contribution in [0.3, 0.4) is 0 Å². The van der Waals surface area contributed by atoms with Gasteiger partial charge in [-0.3, -0.25) is 4.79 Å². The van der Waals surface area contributed by atoms with Crippen molar-refractivity contribution in [1.29, 1.82) is 0 Å². The zero-order valence-corrected chi connectivity index (χ0v) is 10.8. The van der Waals surface area contributed by atoms with Crippen LogP contribution in [0, 0.1) is 5.92 Å². The number of hydrogen-bond donors (Lipinski definition) is 0. The largest absolute Gasteiger partial charge is 0.493 e. The van der Waals surface area contributed by atoms with Crippen molar-refractivity contribution >= 4 is 5.78 Å². The molecule has 4 nitrogen and oxygen atoms in total. The van der Waals surface area contributed by atoms with Crippen LogP contribution < -0.4 is 9.47 Å². The molecule has 0 bridgehead atoms. The van der Waals surface area contributed by atoms with E-state index in [1.807, 2.05) is 18.2 Å². The van der Waals surface area contributed by atoms with Crippen molar-refractivity contribution in [2.75, 3.05) is 27.4 Å². The number of carbonyl (C=O) groups excluding carboxylic acids is 1. The highest BCUT2D eigenvalue weighted by atomic mass is 16.5. The summed E-state index contributed by atoms with van der Waals surface area (Å²) in [5.74, 6) is 1.65. The highest BCUT2D eigenvalue weighted by Gasteiger charge is 2.23. The first-order chi connectivity index (χ1) is 8.74. The number of carbonyl (C=O) groups is 1. The lowest BCUT2D eigenvalue weighted by Crippen LogP contribution is -2.29. The minimum atomic E-state index is -0.0307.